The van der Waals surface area contributed by atoms with Gasteiger partial charge in [0.2, 0.25) is 5.91 Å². The molecule has 0 radical (unpaired) electrons. The smallest absolute Gasteiger partial charge is 0.222 e. The molecule has 1 aliphatic heterocycles. The van der Waals surface area contributed by atoms with Crippen molar-refractivity contribution in [3.8, 4) is 0 Å². The van der Waals surface area contributed by atoms with Crippen LogP contribution in [-0.2, 0) is 4.79 Å². The number of nitrogens with zero attached hydrogens (tertiary/aromatic N) is 1. The van der Waals surface area contributed by atoms with Crippen LogP contribution in [0, 0.1) is 5.92 Å². The monoisotopic (exact) mass is 156 g/mol. The summed E-state index contributed by atoms with van der Waals surface area (Å²) < 4.78 is 0. The van der Waals surface area contributed by atoms with Gasteiger partial charge in [0.25, 0.3) is 0 Å². The van der Waals surface area contributed by atoms with Gasteiger partial charge in [-0.25, -0.2) is 0 Å². The zero-order chi connectivity index (χ0) is 8.27. The Morgan fingerprint density at radius 3 is 3.00 bits per heavy atom. The van der Waals surface area contributed by atoms with Crippen molar-refractivity contribution in [2.75, 3.05) is 19.6 Å². The number of piperidine rings is 1. The van der Waals surface area contributed by atoms with Crippen LogP contribution in [-0.4, -0.2) is 30.4 Å². The van der Waals surface area contributed by atoms with Gasteiger partial charge < -0.3 is 10.6 Å². The zero-order valence-electron chi connectivity index (χ0n) is 7.05. The van der Waals surface area contributed by atoms with Gasteiger partial charge >= 0.3 is 0 Å². The molecule has 64 valence electrons. The highest BCUT2D eigenvalue weighted by atomic mass is 16.2. The first-order valence-corrected chi connectivity index (χ1v) is 4.25. The molecule has 1 unspecified atom stereocenters. The van der Waals surface area contributed by atoms with E-state index < -0.39 is 0 Å². The zero-order valence-corrected chi connectivity index (χ0v) is 7.05. The fraction of sp³-hybridized carbons (Fsp3) is 0.875. The third-order valence-corrected chi connectivity index (χ3v) is 2.31. The first-order valence-electron chi connectivity index (χ1n) is 4.25. The van der Waals surface area contributed by atoms with Gasteiger partial charge in [0, 0.05) is 19.5 Å². The van der Waals surface area contributed by atoms with Crippen molar-refractivity contribution < 1.29 is 4.79 Å². The maximum absolute atomic E-state index is 11.2. The Morgan fingerprint density at radius 2 is 2.45 bits per heavy atom. The van der Waals surface area contributed by atoms with E-state index in [-0.39, 0.29) is 5.91 Å². The van der Waals surface area contributed by atoms with Gasteiger partial charge in [-0.15, -0.1) is 0 Å². The molecule has 1 atom stereocenters. The summed E-state index contributed by atoms with van der Waals surface area (Å²) in [6.45, 7) is 4.42. The summed E-state index contributed by atoms with van der Waals surface area (Å²) in [7, 11) is 0. The van der Waals surface area contributed by atoms with E-state index >= 15 is 0 Å². The maximum Gasteiger partial charge on any atom is 0.222 e. The molecule has 3 nitrogen and oxygen atoms in total. The molecule has 2 N–H and O–H groups in total. The number of amides is 1. The van der Waals surface area contributed by atoms with Gasteiger partial charge in [-0.3, -0.25) is 4.79 Å². The average Bonchev–Trinajstić information content (AvgIpc) is 2.05. The van der Waals surface area contributed by atoms with Crippen LogP contribution in [0.3, 0.4) is 0 Å². The van der Waals surface area contributed by atoms with Crippen LogP contribution in [0.4, 0.5) is 0 Å². The summed E-state index contributed by atoms with van der Waals surface area (Å²) in [4.78, 5) is 13.1. The number of rotatable bonds is 2. The van der Waals surface area contributed by atoms with Crippen LogP contribution in [0.25, 0.3) is 0 Å². The molecule has 3 heteroatoms. The maximum atomic E-state index is 11.2. The molecule has 0 saturated carbocycles. The highest BCUT2D eigenvalue weighted by Gasteiger charge is 2.22. The third-order valence-electron chi connectivity index (χ3n) is 2.31. The Kier molecular flexibility index (Phi) is 2.88. The summed E-state index contributed by atoms with van der Waals surface area (Å²) in [6.07, 6.45) is 1.67. The molecule has 1 heterocycles. The van der Waals surface area contributed by atoms with E-state index in [0.29, 0.717) is 18.9 Å². The molecular weight excluding hydrogens is 140 g/mol. The molecule has 0 aliphatic carbocycles. The van der Waals surface area contributed by atoms with Gasteiger partial charge in [0.1, 0.15) is 0 Å². The lowest BCUT2D eigenvalue weighted by Gasteiger charge is -2.30. The summed E-state index contributed by atoms with van der Waals surface area (Å²) in [5.74, 6) is 0.824. The van der Waals surface area contributed by atoms with Crippen molar-refractivity contribution in [1.29, 1.82) is 0 Å². The van der Waals surface area contributed by atoms with Crippen LogP contribution in [0.5, 0.6) is 0 Å². The molecule has 1 fully saturated rings. The van der Waals surface area contributed by atoms with Gasteiger partial charge in [-0.2, -0.15) is 0 Å². The summed E-state index contributed by atoms with van der Waals surface area (Å²) >= 11 is 0. The second-order valence-corrected chi connectivity index (χ2v) is 3.07. The SMILES string of the molecule is CCN1CC(CN)CCC1=O. The molecule has 0 aromatic heterocycles. The molecule has 1 saturated heterocycles. The molecule has 1 aliphatic rings. The van der Waals surface area contributed by atoms with Gasteiger partial charge in [-0.1, -0.05) is 0 Å². The van der Waals surface area contributed by atoms with Crippen LogP contribution in [0.15, 0.2) is 0 Å². The fourth-order valence-corrected chi connectivity index (χ4v) is 1.49. The lowest BCUT2D eigenvalue weighted by atomic mass is 9.98. The number of carbonyl (C=O) groups excluding carboxylic acids is 1. The number of likely N-dealkylation sites (tertiary alicyclic amines) is 1. The van der Waals surface area contributed by atoms with E-state index in [1.54, 1.807) is 0 Å². The fourth-order valence-electron chi connectivity index (χ4n) is 1.49. The molecule has 0 aromatic carbocycles. The molecular formula is C8H16N2O. The predicted octanol–water partition coefficient (Wildman–Crippen LogP) is 0.204. The molecule has 0 spiro atoms. The number of hydrogen-bond donors (Lipinski definition) is 1. The topological polar surface area (TPSA) is 46.3 Å². The summed E-state index contributed by atoms with van der Waals surface area (Å²) in [5, 5.41) is 0. The predicted molar refractivity (Wildman–Crippen MR) is 44.0 cm³/mol. The van der Waals surface area contributed by atoms with Crippen LogP contribution in [0.1, 0.15) is 19.8 Å². The van der Waals surface area contributed by atoms with Crippen molar-refractivity contribution >= 4 is 5.91 Å². The van der Waals surface area contributed by atoms with Crippen molar-refractivity contribution in [2.45, 2.75) is 19.8 Å². The second kappa shape index (κ2) is 3.72. The molecule has 11 heavy (non-hydrogen) atoms. The highest BCUT2D eigenvalue weighted by Crippen LogP contribution is 2.15. The van der Waals surface area contributed by atoms with Crippen molar-refractivity contribution in [2.24, 2.45) is 11.7 Å². The lowest BCUT2D eigenvalue weighted by Crippen LogP contribution is -2.41. The molecule has 1 rings (SSSR count). The number of nitrogens with two attached hydrogens (primary N) is 1. The summed E-state index contributed by atoms with van der Waals surface area (Å²) in [6, 6.07) is 0. The van der Waals surface area contributed by atoms with E-state index in [1.807, 2.05) is 11.8 Å². The van der Waals surface area contributed by atoms with Crippen molar-refractivity contribution in [1.82, 2.24) is 4.90 Å². The lowest BCUT2D eigenvalue weighted by molar-refractivity contribution is -0.134. The minimum atomic E-state index is 0.289. The van der Waals surface area contributed by atoms with Crippen molar-refractivity contribution in [3.63, 3.8) is 0 Å². The van der Waals surface area contributed by atoms with E-state index in [0.717, 1.165) is 19.5 Å². The Bertz CT molecular complexity index is 147. The highest BCUT2D eigenvalue weighted by molar-refractivity contribution is 5.76. The molecule has 0 aromatic rings. The quantitative estimate of drug-likeness (QED) is 0.621. The third kappa shape index (κ3) is 1.93. The van der Waals surface area contributed by atoms with Crippen LogP contribution >= 0.6 is 0 Å². The van der Waals surface area contributed by atoms with E-state index in [1.165, 1.54) is 0 Å². The van der Waals surface area contributed by atoms with Gasteiger partial charge in [0.15, 0.2) is 0 Å². The Balaban J connectivity index is 2.44. The van der Waals surface area contributed by atoms with Gasteiger partial charge in [0.05, 0.1) is 0 Å². The Morgan fingerprint density at radius 1 is 1.73 bits per heavy atom. The van der Waals surface area contributed by atoms with Gasteiger partial charge in [-0.05, 0) is 25.8 Å². The normalized spacial score (nSPS) is 25.8. The van der Waals surface area contributed by atoms with Crippen LogP contribution in [0.2, 0.25) is 0 Å². The summed E-state index contributed by atoms with van der Waals surface area (Å²) in [5.41, 5.74) is 5.53. The standard InChI is InChI=1S/C8H16N2O/c1-2-10-6-7(5-9)3-4-8(10)11/h7H,2-6,9H2,1H3. The minimum absolute atomic E-state index is 0.289. The first kappa shape index (κ1) is 8.53. The largest absolute Gasteiger partial charge is 0.343 e. The van der Waals surface area contributed by atoms with Crippen LogP contribution < -0.4 is 5.73 Å². The number of hydrogen-bond acceptors (Lipinski definition) is 2. The molecule has 0 bridgehead atoms. The van der Waals surface area contributed by atoms with E-state index in [2.05, 4.69) is 0 Å². The average molecular weight is 156 g/mol. The Labute approximate surface area is 67.5 Å². The second-order valence-electron chi connectivity index (χ2n) is 3.07. The number of carbonyl (C=O) groups is 1. The van der Waals surface area contributed by atoms with E-state index in [9.17, 15) is 4.79 Å². The van der Waals surface area contributed by atoms with E-state index in [4.69, 9.17) is 5.73 Å². The first-order chi connectivity index (χ1) is 5.27. The Hall–Kier alpha value is -0.570. The molecule has 1 amide bonds. The van der Waals surface area contributed by atoms with Crippen molar-refractivity contribution in [3.05, 3.63) is 0 Å². The minimum Gasteiger partial charge on any atom is -0.343 e.